The first-order chi connectivity index (χ1) is 8.22. The molecule has 0 bridgehead atoms. The molecule has 90 valence electrons. The van der Waals surface area contributed by atoms with Crippen molar-refractivity contribution in [2.45, 2.75) is 25.9 Å². The molecule has 17 heavy (non-hydrogen) atoms. The van der Waals surface area contributed by atoms with Crippen LogP contribution in [0, 0.1) is 0 Å². The van der Waals surface area contributed by atoms with Gasteiger partial charge in [0.05, 0.1) is 11.6 Å². The molecular weight excluding hydrogens is 214 g/mol. The van der Waals surface area contributed by atoms with E-state index in [4.69, 9.17) is 0 Å². The van der Waals surface area contributed by atoms with Gasteiger partial charge in [-0.2, -0.15) is 5.10 Å². The van der Waals surface area contributed by atoms with Gasteiger partial charge >= 0.3 is 0 Å². The Hall–Kier alpha value is -1.68. The number of nitrogens with zero attached hydrogens (tertiary/aromatic N) is 2. The highest BCUT2D eigenvalue weighted by Gasteiger charge is 2.04. The fourth-order valence-corrected chi connectivity index (χ4v) is 1.75. The van der Waals surface area contributed by atoms with Crippen LogP contribution in [0.25, 0.3) is 10.8 Å². The maximum atomic E-state index is 12.1. The standard InChI is InChI=1S/C13H17N3O/c1-10(14-2)7-8-16-13(17)12-6-4-3-5-11(12)9-15-16/h3-6,9-10,14H,7-8H2,1-2H3. The van der Waals surface area contributed by atoms with Gasteiger partial charge in [0.2, 0.25) is 0 Å². The summed E-state index contributed by atoms with van der Waals surface area (Å²) in [5.41, 5.74) is -0.00796. The number of aromatic nitrogens is 2. The lowest BCUT2D eigenvalue weighted by atomic mass is 10.2. The summed E-state index contributed by atoms with van der Waals surface area (Å²) in [6, 6.07) is 7.93. The second-order valence-corrected chi connectivity index (χ2v) is 4.24. The molecule has 4 heteroatoms. The van der Waals surface area contributed by atoms with Gasteiger partial charge in [-0.25, -0.2) is 4.68 Å². The maximum absolute atomic E-state index is 12.1. The summed E-state index contributed by atoms with van der Waals surface area (Å²) in [4.78, 5) is 12.1. The van der Waals surface area contributed by atoms with Crippen LogP contribution in [0.1, 0.15) is 13.3 Å². The number of nitrogens with one attached hydrogen (secondary N) is 1. The van der Waals surface area contributed by atoms with Crippen molar-refractivity contribution < 1.29 is 0 Å². The molecular formula is C13H17N3O. The molecule has 0 saturated heterocycles. The summed E-state index contributed by atoms with van der Waals surface area (Å²) in [5.74, 6) is 0. The van der Waals surface area contributed by atoms with Crippen LogP contribution in [0.2, 0.25) is 0 Å². The van der Waals surface area contributed by atoms with E-state index in [1.807, 2.05) is 31.3 Å². The average molecular weight is 231 g/mol. The highest BCUT2D eigenvalue weighted by Crippen LogP contribution is 2.06. The summed E-state index contributed by atoms with van der Waals surface area (Å²) in [7, 11) is 1.92. The summed E-state index contributed by atoms with van der Waals surface area (Å²) >= 11 is 0. The molecule has 0 amide bonds. The molecule has 0 saturated carbocycles. The molecule has 0 aliphatic heterocycles. The van der Waals surface area contributed by atoms with Crippen molar-refractivity contribution >= 4 is 10.8 Å². The van der Waals surface area contributed by atoms with E-state index < -0.39 is 0 Å². The number of hydrogen-bond acceptors (Lipinski definition) is 3. The van der Waals surface area contributed by atoms with E-state index in [-0.39, 0.29) is 5.56 Å². The van der Waals surface area contributed by atoms with Crippen LogP contribution in [0.3, 0.4) is 0 Å². The zero-order valence-electron chi connectivity index (χ0n) is 10.2. The zero-order chi connectivity index (χ0) is 12.3. The fraction of sp³-hybridized carbons (Fsp3) is 0.385. The highest BCUT2D eigenvalue weighted by atomic mass is 16.1. The molecule has 1 aromatic carbocycles. The van der Waals surface area contributed by atoms with Gasteiger partial charge in [-0.05, 0) is 26.5 Å². The SMILES string of the molecule is CNC(C)CCn1ncc2ccccc2c1=O. The zero-order valence-corrected chi connectivity index (χ0v) is 10.2. The number of aryl methyl sites for hydroxylation is 1. The van der Waals surface area contributed by atoms with Gasteiger partial charge in [0.15, 0.2) is 0 Å². The second kappa shape index (κ2) is 5.10. The molecule has 1 unspecified atom stereocenters. The normalized spacial score (nSPS) is 12.8. The van der Waals surface area contributed by atoms with E-state index in [9.17, 15) is 4.79 Å². The predicted molar refractivity (Wildman–Crippen MR) is 69.1 cm³/mol. The van der Waals surface area contributed by atoms with E-state index in [0.717, 1.165) is 17.2 Å². The Kier molecular flexibility index (Phi) is 3.54. The van der Waals surface area contributed by atoms with Crippen molar-refractivity contribution in [3.8, 4) is 0 Å². The van der Waals surface area contributed by atoms with Crippen LogP contribution < -0.4 is 10.9 Å². The summed E-state index contributed by atoms with van der Waals surface area (Å²) in [6.07, 6.45) is 2.64. The fourth-order valence-electron chi connectivity index (χ4n) is 1.75. The lowest BCUT2D eigenvalue weighted by molar-refractivity contribution is 0.474. The molecule has 1 heterocycles. The van der Waals surface area contributed by atoms with Crippen LogP contribution >= 0.6 is 0 Å². The molecule has 1 N–H and O–H groups in total. The molecule has 1 aromatic heterocycles. The lowest BCUT2D eigenvalue weighted by Crippen LogP contribution is -2.28. The Morgan fingerprint density at radius 2 is 2.18 bits per heavy atom. The summed E-state index contributed by atoms with van der Waals surface area (Å²) < 4.78 is 1.54. The van der Waals surface area contributed by atoms with E-state index >= 15 is 0 Å². The average Bonchev–Trinajstić information content (AvgIpc) is 2.38. The molecule has 0 aliphatic carbocycles. The second-order valence-electron chi connectivity index (χ2n) is 4.24. The largest absolute Gasteiger partial charge is 0.317 e. The van der Waals surface area contributed by atoms with Gasteiger partial charge < -0.3 is 5.32 Å². The molecule has 1 atom stereocenters. The Morgan fingerprint density at radius 1 is 1.41 bits per heavy atom. The van der Waals surface area contributed by atoms with E-state index in [1.54, 1.807) is 6.20 Å². The van der Waals surface area contributed by atoms with Crippen LogP contribution in [-0.4, -0.2) is 22.9 Å². The molecule has 0 aliphatic rings. The van der Waals surface area contributed by atoms with E-state index in [1.165, 1.54) is 4.68 Å². The van der Waals surface area contributed by atoms with Gasteiger partial charge in [0, 0.05) is 18.0 Å². The molecule has 2 rings (SSSR count). The Labute approximate surface area is 100 Å². The number of benzene rings is 1. The monoisotopic (exact) mass is 231 g/mol. The third-order valence-electron chi connectivity index (χ3n) is 3.03. The quantitative estimate of drug-likeness (QED) is 0.865. The minimum atomic E-state index is -0.00796. The van der Waals surface area contributed by atoms with Crippen molar-refractivity contribution in [1.29, 1.82) is 0 Å². The smallest absolute Gasteiger partial charge is 0.274 e. The predicted octanol–water partition coefficient (Wildman–Crippen LogP) is 1.39. The van der Waals surface area contributed by atoms with Gasteiger partial charge in [-0.15, -0.1) is 0 Å². The number of hydrogen-bond donors (Lipinski definition) is 1. The third-order valence-corrected chi connectivity index (χ3v) is 3.03. The molecule has 2 aromatic rings. The number of fused-ring (bicyclic) bond motifs is 1. The number of rotatable bonds is 4. The van der Waals surface area contributed by atoms with Crippen LogP contribution in [0.15, 0.2) is 35.3 Å². The molecule has 0 fully saturated rings. The van der Waals surface area contributed by atoms with Crippen LogP contribution in [-0.2, 0) is 6.54 Å². The minimum Gasteiger partial charge on any atom is -0.317 e. The third kappa shape index (κ3) is 2.53. The lowest BCUT2D eigenvalue weighted by Gasteiger charge is -2.10. The van der Waals surface area contributed by atoms with E-state index in [0.29, 0.717) is 12.6 Å². The first-order valence-corrected chi connectivity index (χ1v) is 5.84. The van der Waals surface area contributed by atoms with Crippen LogP contribution in [0.4, 0.5) is 0 Å². The topological polar surface area (TPSA) is 46.9 Å². The van der Waals surface area contributed by atoms with Crippen molar-refractivity contribution in [2.75, 3.05) is 7.05 Å². The first-order valence-electron chi connectivity index (χ1n) is 5.84. The van der Waals surface area contributed by atoms with Gasteiger partial charge in [0.1, 0.15) is 0 Å². The van der Waals surface area contributed by atoms with Crippen LogP contribution in [0.5, 0.6) is 0 Å². The maximum Gasteiger partial charge on any atom is 0.274 e. The summed E-state index contributed by atoms with van der Waals surface area (Å²) in [5, 5.41) is 8.97. The van der Waals surface area contributed by atoms with Crippen molar-refractivity contribution in [3.63, 3.8) is 0 Å². The molecule has 0 spiro atoms. The van der Waals surface area contributed by atoms with Crippen molar-refractivity contribution in [1.82, 2.24) is 15.1 Å². The Balaban J connectivity index is 2.30. The van der Waals surface area contributed by atoms with Gasteiger partial charge in [0.25, 0.3) is 5.56 Å². The Bertz CT molecular complexity index is 562. The van der Waals surface area contributed by atoms with Crippen molar-refractivity contribution in [2.24, 2.45) is 0 Å². The first kappa shape index (κ1) is 11.8. The molecule has 4 nitrogen and oxygen atoms in total. The van der Waals surface area contributed by atoms with Crippen molar-refractivity contribution in [3.05, 3.63) is 40.8 Å². The minimum absolute atomic E-state index is 0.00796. The highest BCUT2D eigenvalue weighted by molar-refractivity contribution is 5.80. The van der Waals surface area contributed by atoms with Gasteiger partial charge in [-0.3, -0.25) is 4.79 Å². The van der Waals surface area contributed by atoms with Gasteiger partial charge in [-0.1, -0.05) is 18.2 Å². The summed E-state index contributed by atoms with van der Waals surface area (Å²) in [6.45, 7) is 2.73. The van der Waals surface area contributed by atoms with E-state index in [2.05, 4.69) is 17.3 Å². The molecule has 0 radical (unpaired) electrons. The Morgan fingerprint density at radius 3 is 2.94 bits per heavy atom.